The lowest BCUT2D eigenvalue weighted by atomic mass is 9.58. The highest BCUT2D eigenvalue weighted by Gasteiger charge is 2.66. The first kappa shape index (κ1) is 22.2. The van der Waals surface area contributed by atoms with Gasteiger partial charge >= 0.3 is 0 Å². The maximum atomic E-state index is 7.47. The maximum absolute atomic E-state index is 7.47. The molecule has 1 N–H and O–H groups in total. The Labute approximate surface area is 210 Å². The molecule has 1 unspecified atom stereocenters. The number of hydrogen-bond acceptors (Lipinski definition) is 3. The molecule has 0 amide bonds. The van der Waals surface area contributed by atoms with E-state index in [1.165, 1.54) is 66.9 Å². The van der Waals surface area contributed by atoms with Gasteiger partial charge in [0.05, 0.1) is 11.2 Å². The third kappa shape index (κ3) is 3.20. The van der Waals surface area contributed by atoms with Gasteiger partial charge in [-0.25, -0.2) is 0 Å². The van der Waals surface area contributed by atoms with Crippen molar-refractivity contribution < 1.29 is 4.74 Å². The molecule has 35 heavy (non-hydrogen) atoms. The first-order valence-corrected chi connectivity index (χ1v) is 13.9. The van der Waals surface area contributed by atoms with Crippen molar-refractivity contribution in [3.05, 3.63) is 65.5 Å². The van der Waals surface area contributed by atoms with Crippen molar-refractivity contribution in [2.24, 2.45) is 11.3 Å². The molecule has 2 aliphatic heterocycles. The van der Waals surface area contributed by atoms with Gasteiger partial charge in [0.1, 0.15) is 0 Å². The first-order valence-electron chi connectivity index (χ1n) is 13.9. The molecule has 1 aromatic carbocycles. The van der Waals surface area contributed by atoms with Crippen LogP contribution in [0.1, 0.15) is 90.5 Å². The summed E-state index contributed by atoms with van der Waals surface area (Å²) in [5, 5.41) is 6.46. The third-order valence-corrected chi connectivity index (χ3v) is 10.4. The number of fused-ring (bicyclic) bond motifs is 2. The highest BCUT2D eigenvalue weighted by molar-refractivity contribution is 5.82. The van der Waals surface area contributed by atoms with Crippen molar-refractivity contribution in [1.82, 2.24) is 10.3 Å². The quantitative estimate of drug-likeness (QED) is 0.505. The van der Waals surface area contributed by atoms with Crippen molar-refractivity contribution in [2.75, 3.05) is 0 Å². The lowest BCUT2D eigenvalue weighted by molar-refractivity contribution is -0.136. The molecule has 1 aromatic heterocycles. The molecule has 3 nitrogen and oxygen atoms in total. The Kier molecular flexibility index (Phi) is 4.64. The molecule has 3 heterocycles. The van der Waals surface area contributed by atoms with Gasteiger partial charge in [-0.1, -0.05) is 31.2 Å². The molecule has 3 fully saturated rings. The molecule has 5 aliphatic rings. The van der Waals surface area contributed by atoms with Crippen LogP contribution >= 0.6 is 0 Å². The molecular weight excluding hydrogens is 428 g/mol. The number of pyridine rings is 1. The van der Waals surface area contributed by atoms with Crippen molar-refractivity contribution in [3.8, 4) is 0 Å². The fourth-order valence-corrected chi connectivity index (χ4v) is 9.01. The van der Waals surface area contributed by atoms with E-state index >= 15 is 0 Å². The normalized spacial score (nSPS) is 40.1. The fraction of sp³-hybridized carbons (Fsp3) is 0.594. The lowest BCUT2D eigenvalue weighted by Gasteiger charge is -2.54. The zero-order valence-corrected chi connectivity index (χ0v) is 21.9. The molecule has 3 heteroatoms. The van der Waals surface area contributed by atoms with Gasteiger partial charge in [0.15, 0.2) is 0 Å². The Morgan fingerprint density at radius 2 is 1.94 bits per heavy atom. The molecule has 3 aliphatic carbocycles. The smallest absolute Gasteiger partial charge is 0.0974 e. The highest BCUT2D eigenvalue weighted by Crippen LogP contribution is 2.69. The van der Waals surface area contributed by atoms with Crippen molar-refractivity contribution in [3.63, 3.8) is 0 Å². The summed E-state index contributed by atoms with van der Waals surface area (Å²) in [4.78, 5) is 4.39. The number of nitrogens with zero attached hydrogens (tertiary/aromatic N) is 1. The number of hydrogen-bond donors (Lipinski definition) is 1. The van der Waals surface area contributed by atoms with E-state index < -0.39 is 0 Å². The second-order valence-electron chi connectivity index (χ2n) is 13.5. The number of ether oxygens (including phenoxy) is 1. The van der Waals surface area contributed by atoms with Gasteiger partial charge in [-0.3, -0.25) is 4.98 Å². The number of aromatic nitrogens is 1. The predicted molar refractivity (Wildman–Crippen MR) is 142 cm³/mol. The SMILES string of the molecule is CC(C)(C)N[C@@H]1CCC2=CC3=CCC4(C)[C@@H](c5ccc6ccncc6c5)CC[C@H]4[C@@]34CC[C@]2(C1)O4. The van der Waals surface area contributed by atoms with Crippen LogP contribution in [0.3, 0.4) is 0 Å². The van der Waals surface area contributed by atoms with E-state index in [1.54, 1.807) is 5.57 Å². The van der Waals surface area contributed by atoms with Crippen LogP contribution in [0.2, 0.25) is 0 Å². The minimum absolute atomic E-state index is 0.0382. The lowest BCUT2D eigenvalue weighted by Crippen LogP contribution is -2.56. The molecule has 2 bridgehead atoms. The van der Waals surface area contributed by atoms with Gasteiger partial charge in [0, 0.05) is 29.4 Å². The van der Waals surface area contributed by atoms with Crippen LogP contribution in [-0.4, -0.2) is 27.8 Å². The summed E-state index contributed by atoms with van der Waals surface area (Å²) in [5.41, 5.74) is 4.88. The van der Waals surface area contributed by atoms with Crippen molar-refractivity contribution >= 4 is 10.8 Å². The van der Waals surface area contributed by atoms with E-state index in [1.807, 2.05) is 12.4 Å². The van der Waals surface area contributed by atoms with Gasteiger partial charge in [0.2, 0.25) is 0 Å². The standard InChI is InChI=1S/C32H40N2O/c1-29(2,3)34-26-8-7-24-18-25-11-13-30(4)27(22-6-5-21-12-16-33-20-23(21)17-22)9-10-28(30)32(25)15-14-31(24,19-26)35-32/h5-6,11-12,16-18,20,26-28,34H,7-10,13-15,19H2,1-4H3/t26-,27-,28-,30?,31-,32-/m1/s1. The number of allylic oxidation sites excluding steroid dienone is 1. The maximum Gasteiger partial charge on any atom is 0.0974 e. The van der Waals surface area contributed by atoms with Crippen LogP contribution in [0.15, 0.2) is 60.0 Å². The molecular formula is C32H40N2O. The van der Waals surface area contributed by atoms with Crippen LogP contribution in [0.25, 0.3) is 10.8 Å². The summed E-state index contributed by atoms with van der Waals surface area (Å²) in [6.45, 7) is 9.46. The van der Waals surface area contributed by atoms with Gasteiger partial charge in [-0.05, 0) is 124 Å². The molecule has 1 saturated heterocycles. The summed E-state index contributed by atoms with van der Waals surface area (Å²) in [6, 6.07) is 9.77. The average molecular weight is 469 g/mol. The first-order chi connectivity index (χ1) is 16.7. The van der Waals surface area contributed by atoms with Crippen LogP contribution < -0.4 is 5.32 Å². The summed E-state index contributed by atoms with van der Waals surface area (Å²) in [6.07, 6.45) is 18.7. The topological polar surface area (TPSA) is 34.2 Å². The molecule has 184 valence electrons. The highest BCUT2D eigenvalue weighted by atomic mass is 16.5. The van der Waals surface area contributed by atoms with Crippen LogP contribution in [0, 0.1) is 11.3 Å². The average Bonchev–Trinajstić information content (AvgIpc) is 3.33. The number of rotatable bonds is 2. The Hall–Kier alpha value is -1.97. The number of benzene rings is 1. The molecule has 0 radical (unpaired) electrons. The van der Waals surface area contributed by atoms with Crippen LogP contribution in [0.5, 0.6) is 0 Å². The van der Waals surface area contributed by atoms with Gasteiger partial charge in [-0.15, -0.1) is 0 Å². The van der Waals surface area contributed by atoms with Crippen LogP contribution in [-0.2, 0) is 4.74 Å². The molecule has 7 rings (SSSR count). The van der Waals surface area contributed by atoms with E-state index in [0.717, 1.165) is 6.42 Å². The predicted octanol–water partition coefficient (Wildman–Crippen LogP) is 7.23. The molecule has 2 spiro atoms. The largest absolute Gasteiger partial charge is 0.359 e. The van der Waals surface area contributed by atoms with E-state index in [-0.39, 0.29) is 22.2 Å². The van der Waals surface area contributed by atoms with Gasteiger partial charge < -0.3 is 10.1 Å². The monoisotopic (exact) mass is 468 g/mol. The summed E-state index contributed by atoms with van der Waals surface area (Å²) in [5.74, 6) is 1.18. The van der Waals surface area contributed by atoms with E-state index in [4.69, 9.17) is 4.74 Å². The summed E-state index contributed by atoms with van der Waals surface area (Å²) < 4.78 is 7.47. The van der Waals surface area contributed by atoms with E-state index in [2.05, 4.69) is 74.4 Å². The zero-order chi connectivity index (χ0) is 24.1. The second-order valence-corrected chi connectivity index (χ2v) is 13.5. The minimum atomic E-state index is -0.0761. The van der Waals surface area contributed by atoms with Crippen LogP contribution in [0.4, 0.5) is 0 Å². The van der Waals surface area contributed by atoms with Gasteiger partial charge in [0.25, 0.3) is 0 Å². The van der Waals surface area contributed by atoms with E-state index in [9.17, 15) is 0 Å². The van der Waals surface area contributed by atoms with E-state index in [0.29, 0.717) is 17.9 Å². The third-order valence-electron chi connectivity index (χ3n) is 10.4. The van der Waals surface area contributed by atoms with Gasteiger partial charge in [-0.2, -0.15) is 0 Å². The Balaban J connectivity index is 1.24. The Morgan fingerprint density at radius 3 is 2.80 bits per heavy atom. The number of nitrogens with one attached hydrogen (secondary N) is 1. The molecule has 2 aromatic rings. The molecule has 6 atom stereocenters. The second kappa shape index (κ2) is 7.29. The zero-order valence-electron chi connectivity index (χ0n) is 21.9. The Morgan fingerprint density at radius 1 is 1.06 bits per heavy atom. The summed E-state index contributed by atoms with van der Waals surface area (Å²) >= 11 is 0. The summed E-state index contributed by atoms with van der Waals surface area (Å²) in [7, 11) is 0. The Bertz CT molecular complexity index is 1250. The molecule has 2 saturated carbocycles. The van der Waals surface area contributed by atoms with Crippen molar-refractivity contribution in [2.45, 2.75) is 108 Å². The fourth-order valence-electron chi connectivity index (χ4n) is 9.01. The minimum Gasteiger partial charge on any atom is -0.359 e. The van der Waals surface area contributed by atoms with Crippen molar-refractivity contribution in [1.29, 1.82) is 0 Å².